The molecule has 28 heavy (non-hydrogen) atoms. The van der Waals surface area contributed by atoms with Crippen LogP contribution >= 0.6 is 23.4 Å². The van der Waals surface area contributed by atoms with Gasteiger partial charge in [0.05, 0.1) is 5.02 Å². The molecule has 0 bridgehead atoms. The quantitative estimate of drug-likeness (QED) is 0.370. The molecule has 0 saturated carbocycles. The Balaban J connectivity index is 2.14. The number of nitrogens with one attached hydrogen (secondary N) is 1. The molecule has 9 heteroatoms. The molecule has 1 N–H and O–H groups in total. The van der Waals surface area contributed by atoms with Crippen molar-refractivity contribution in [1.29, 1.82) is 0 Å². The lowest BCUT2D eigenvalue weighted by molar-refractivity contribution is -0.139. The molecule has 1 amide bonds. The summed E-state index contributed by atoms with van der Waals surface area (Å²) in [7, 11) is 0. The molecule has 0 aliphatic heterocycles. The molecule has 0 aliphatic carbocycles. The van der Waals surface area contributed by atoms with Gasteiger partial charge in [0.2, 0.25) is 0 Å². The van der Waals surface area contributed by atoms with E-state index in [-0.39, 0.29) is 17.9 Å². The largest absolute Gasteiger partial charge is 0.461 e. The SMILES string of the molecule is CC(=O)OC/C(C)=C/Sc1cc(C(=O)Nc2cc(F)c(F)c(F)c2)ccc1Cl. The normalized spacial score (nSPS) is 11.3. The number of esters is 1. The fraction of sp³-hybridized carbons (Fsp3) is 0.158. The van der Waals surface area contributed by atoms with Crippen LogP contribution in [-0.4, -0.2) is 18.5 Å². The molecular weight excluding hydrogens is 415 g/mol. The third kappa shape index (κ3) is 6.03. The van der Waals surface area contributed by atoms with Gasteiger partial charge < -0.3 is 10.1 Å². The van der Waals surface area contributed by atoms with Gasteiger partial charge in [-0.05, 0) is 36.1 Å². The van der Waals surface area contributed by atoms with Crippen molar-refractivity contribution in [3.63, 3.8) is 0 Å². The molecule has 0 unspecified atom stereocenters. The maximum Gasteiger partial charge on any atom is 0.302 e. The zero-order valence-electron chi connectivity index (χ0n) is 14.8. The van der Waals surface area contributed by atoms with E-state index in [4.69, 9.17) is 16.3 Å². The first kappa shape index (κ1) is 21.8. The molecule has 2 aromatic rings. The highest BCUT2D eigenvalue weighted by molar-refractivity contribution is 8.02. The van der Waals surface area contributed by atoms with Gasteiger partial charge in [-0.1, -0.05) is 23.4 Å². The molecule has 0 spiro atoms. The third-order valence-electron chi connectivity index (χ3n) is 3.33. The minimum absolute atomic E-state index is 0.127. The fourth-order valence-corrected chi connectivity index (χ4v) is 3.00. The van der Waals surface area contributed by atoms with Gasteiger partial charge in [0.25, 0.3) is 5.91 Å². The molecule has 0 heterocycles. The van der Waals surface area contributed by atoms with Gasteiger partial charge in [-0.15, -0.1) is 0 Å². The van der Waals surface area contributed by atoms with Crippen LogP contribution in [0.1, 0.15) is 24.2 Å². The topological polar surface area (TPSA) is 55.4 Å². The van der Waals surface area contributed by atoms with Crippen molar-refractivity contribution in [3.8, 4) is 0 Å². The molecule has 0 saturated heterocycles. The lowest BCUT2D eigenvalue weighted by Gasteiger charge is -2.09. The summed E-state index contributed by atoms with van der Waals surface area (Å²) in [5.41, 5.74) is 0.731. The maximum absolute atomic E-state index is 13.3. The van der Waals surface area contributed by atoms with Crippen LogP contribution in [0.2, 0.25) is 5.02 Å². The molecule has 0 aromatic heterocycles. The maximum atomic E-state index is 13.3. The highest BCUT2D eigenvalue weighted by Gasteiger charge is 2.14. The van der Waals surface area contributed by atoms with E-state index >= 15 is 0 Å². The van der Waals surface area contributed by atoms with Gasteiger partial charge in [0.15, 0.2) is 17.5 Å². The Bertz CT molecular complexity index is 927. The van der Waals surface area contributed by atoms with Crippen LogP contribution in [0.3, 0.4) is 0 Å². The van der Waals surface area contributed by atoms with Crippen LogP contribution in [-0.2, 0) is 9.53 Å². The van der Waals surface area contributed by atoms with Gasteiger partial charge >= 0.3 is 5.97 Å². The van der Waals surface area contributed by atoms with Crippen LogP contribution in [0.25, 0.3) is 0 Å². The average molecular weight is 430 g/mol. The van der Waals surface area contributed by atoms with Gasteiger partial charge in [0.1, 0.15) is 6.61 Å². The van der Waals surface area contributed by atoms with Crippen molar-refractivity contribution in [1.82, 2.24) is 0 Å². The van der Waals surface area contributed by atoms with Crippen molar-refractivity contribution in [2.24, 2.45) is 0 Å². The summed E-state index contributed by atoms with van der Waals surface area (Å²) in [6, 6.07) is 5.80. The van der Waals surface area contributed by atoms with E-state index in [1.807, 2.05) is 0 Å². The van der Waals surface area contributed by atoms with Crippen molar-refractivity contribution < 1.29 is 27.5 Å². The van der Waals surface area contributed by atoms with E-state index in [9.17, 15) is 22.8 Å². The number of ether oxygens (including phenoxy) is 1. The molecule has 148 valence electrons. The van der Waals surface area contributed by atoms with E-state index in [0.717, 1.165) is 5.57 Å². The standard InChI is InChI=1S/C19H15ClF3NO3S/c1-10(8-27-11(2)25)9-28-17-5-12(3-4-14(17)20)19(26)24-13-6-15(21)18(23)16(22)7-13/h3-7,9H,8H2,1-2H3,(H,24,26)/b10-9+. The molecule has 2 rings (SSSR count). The fourth-order valence-electron chi connectivity index (χ4n) is 1.98. The number of carbonyl (C=O) groups is 2. The molecule has 2 aromatic carbocycles. The van der Waals surface area contributed by atoms with Crippen LogP contribution in [0, 0.1) is 17.5 Å². The van der Waals surface area contributed by atoms with Crippen LogP contribution in [0.4, 0.5) is 18.9 Å². The van der Waals surface area contributed by atoms with Crippen LogP contribution in [0.15, 0.2) is 46.2 Å². The minimum atomic E-state index is -1.61. The highest BCUT2D eigenvalue weighted by Crippen LogP contribution is 2.30. The first-order valence-corrected chi connectivity index (χ1v) is 9.14. The number of halogens is 4. The lowest BCUT2D eigenvalue weighted by atomic mass is 10.2. The van der Waals surface area contributed by atoms with E-state index in [1.54, 1.807) is 12.3 Å². The van der Waals surface area contributed by atoms with E-state index < -0.39 is 29.3 Å². The molecule has 4 nitrogen and oxygen atoms in total. The van der Waals surface area contributed by atoms with E-state index in [2.05, 4.69) is 5.32 Å². The van der Waals surface area contributed by atoms with Crippen molar-refractivity contribution in [3.05, 3.63) is 69.4 Å². The predicted molar refractivity (Wildman–Crippen MR) is 102 cm³/mol. The predicted octanol–water partition coefficient (Wildman–Crippen LogP) is 5.57. The number of hydrogen-bond acceptors (Lipinski definition) is 4. The highest BCUT2D eigenvalue weighted by atomic mass is 35.5. The number of anilines is 1. The Morgan fingerprint density at radius 2 is 1.79 bits per heavy atom. The van der Waals surface area contributed by atoms with Crippen molar-refractivity contribution in [2.45, 2.75) is 18.7 Å². The van der Waals surface area contributed by atoms with Gasteiger partial charge in [0, 0.05) is 35.2 Å². The Kier molecular flexibility index (Phi) is 7.53. The molecular formula is C19H15ClF3NO3S. The van der Waals surface area contributed by atoms with Crippen molar-refractivity contribution >= 4 is 40.9 Å². The second kappa shape index (κ2) is 9.66. The lowest BCUT2D eigenvalue weighted by Crippen LogP contribution is -2.12. The van der Waals surface area contributed by atoms with Gasteiger partial charge in [-0.2, -0.15) is 0 Å². The van der Waals surface area contributed by atoms with E-state index in [1.165, 1.54) is 36.9 Å². The monoisotopic (exact) mass is 429 g/mol. The van der Waals surface area contributed by atoms with Crippen LogP contribution < -0.4 is 5.32 Å². The number of benzene rings is 2. The Morgan fingerprint density at radius 3 is 2.39 bits per heavy atom. The van der Waals surface area contributed by atoms with Gasteiger partial charge in [-0.3, -0.25) is 9.59 Å². The average Bonchev–Trinajstić information content (AvgIpc) is 2.63. The van der Waals surface area contributed by atoms with E-state index in [0.29, 0.717) is 22.1 Å². The summed E-state index contributed by atoms with van der Waals surface area (Å²) in [4.78, 5) is 23.7. The number of hydrogen-bond donors (Lipinski definition) is 1. The molecule has 0 atom stereocenters. The summed E-state index contributed by atoms with van der Waals surface area (Å²) in [5.74, 6) is -5.47. The van der Waals surface area contributed by atoms with Gasteiger partial charge in [-0.25, -0.2) is 13.2 Å². The Labute approximate surface area is 168 Å². The Hall–Kier alpha value is -2.45. The minimum Gasteiger partial charge on any atom is -0.461 e. The summed E-state index contributed by atoms with van der Waals surface area (Å²) >= 11 is 7.34. The van der Waals surface area contributed by atoms with Crippen LogP contribution in [0.5, 0.6) is 0 Å². The second-order valence-electron chi connectivity index (χ2n) is 5.72. The number of carbonyl (C=O) groups excluding carboxylic acids is 2. The third-order valence-corrected chi connectivity index (χ3v) is 4.88. The summed E-state index contributed by atoms with van der Waals surface area (Å²) in [5, 5.41) is 4.41. The number of thioether (sulfide) groups is 1. The molecule has 0 fully saturated rings. The summed E-state index contributed by atoms with van der Waals surface area (Å²) in [6.45, 7) is 3.19. The number of amides is 1. The zero-order valence-corrected chi connectivity index (χ0v) is 16.4. The Morgan fingerprint density at radius 1 is 1.14 bits per heavy atom. The second-order valence-corrected chi connectivity index (χ2v) is 7.03. The summed E-state index contributed by atoms with van der Waals surface area (Å²) in [6.07, 6.45) is 0. The van der Waals surface area contributed by atoms with Crippen molar-refractivity contribution in [2.75, 3.05) is 11.9 Å². The first-order chi connectivity index (χ1) is 13.2. The molecule has 0 radical (unpaired) electrons. The summed E-state index contributed by atoms with van der Waals surface area (Å²) < 4.78 is 44.4. The zero-order chi connectivity index (χ0) is 20.8. The molecule has 0 aliphatic rings. The smallest absolute Gasteiger partial charge is 0.302 e. The first-order valence-electron chi connectivity index (χ1n) is 7.88. The number of rotatable bonds is 6.